The molecule has 1 aromatic carbocycles. The summed E-state index contributed by atoms with van der Waals surface area (Å²) in [4.78, 5) is 16.3. The van der Waals surface area contributed by atoms with Gasteiger partial charge in [0.15, 0.2) is 0 Å². The number of carbonyl (C=O) groups is 1. The van der Waals surface area contributed by atoms with E-state index in [-0.39, 0.29) is 17.9 Å². The van der Waals surface area contributed by atoms with Crippen molar-refractivity contribution in [3.8, 4) is 0 Å². The first kappa shape index (κ1) is 13.7. The van der Waals surface area contributed by atoms with Crippen LogP contribution < -0.4 is 11.1 Å². The van der Waals surface area contributed by atoms with E-state index in [0.717, 1.165) is 10.6 Å². The molecule has 0 saturated carbocycles. The first-order valence-corrected chi connectivity index (χ1v) is 7.05. The van der Waals surface area contributed by atoms with Crippen LogP contribution in [-0.4, -0.2) is 17.4 Å². The van der Waals surface area contributed by atoms with Gasteiger partial charge in [0.05, 0.1) is 0 Å². The minimum Gasteiger partial charge on any atom is -0.342 e. The molecule has 2 atom stereocenters. The number of aromatic nitrogens is 1. The maximum absolute atomic E-state index is 12.0. The molecule has 2 rings (SSSR count). The van der Waals surface area contributed by atoms with Crippen molar-refractivity contribution >= 4 is 17.2 Å². The first-order valence-electron chi connectivity index (χ1n) is 6.17. The Balaban J connectivity index is 2.24. The van der Waals surface area contributed by atoms with E-state index >= 15 is 0 Å². The zero-order valence-electron chi connectivity index (χ0n) is 10.7. The van der Waals surface area contributed by atoms with E-state index < -0.39 is 0 Å². The van der Waals surface area contributed by atoms with Crippen molar-refractivity contribution in [2.45, 2.75) is 13.0 Å². The van der Waals surface area contributed by atoms with Crippen molar-refractivity contribution in [2.24, 2.45) is 11.7 Å². The Hall–Kier alpha value is -1.72. The van der Waals surface area contributed by atoms with Gasteiger partial charge in [-0.3, -0.25) is 4.79 Å². The van der Waals surface area contributed by atoms with E-state index in [9.17, 15) is 4.79 Å². The molecule has 19 heavy (non-hydrogen) atoms. The molecule has 1 amide bonds. The van der Waals surface area contributed by atoms with E-state index in [1.807, 2.05) is 42.6 Å². The molecule has 3 N–H and O–H groups in total. The molecule has 100 valence electrons. The van der Waals surface area contributed by atoms with Crippen LogP contribution in [0.4, 0.5) is 0 Å². The molecule has 0 aliphatic rings. The SMILES string of the molecule is CC(CN)C(=O)NC(c1ccccc1)c1nccs1. The summed E-state index contributed by atoms with van der Waals surface area (Å²) in [6.45, 7) is 2.16. The average Bonchev–Trinajstić information content (AvgIpc) is 2.98. The molecule has 0 aliphatic heterocycles. The number of hydrogen-bond acceptors (Lipinski definition) is 4. The number of carbonyl (C=O) groups excluding carboxylic acids is 1. The number of nitrogens with two attached hydrogens (primary N) is 1. The third-order valence-corrected chi connectivity index (χ3v) is 3.76. The highest BCUT2D eigenvalue weighted by molar-refractivity contribution is 7.09. The van der Waals surface area contributed by atoms with Crippen LogP contribution in [0.3, 0.4) is 0 Å². The molecule has 1 heterocycles. The molecule has 5 heteroatoms. The topological polar surface area (TPSA) is 68.0 Å². The molecule has 1 aromatic heterocycles. The summed E-state index contributed by atoms with van der Waals surface area (Å²) < 4.78 is 0. The molecule has 0 radical (unpaired) electrons. The minimum absolute atomic E-state index is 0.0495. The van der Waals surface area contributed by atoms with E-state index in [1.165, 1.54) is 11.3 Å². The van der Waals surface area contributed by atoms with Gasteiger partial charge in [-0.05, 0) is 5.56 Å². The maximum Gasteiger partial charge on any atom is 0.224 e. The van der Waals surface area contributed by atoms with Crippen LogP contribution in [0.5, 0.6) is 0 Å². The van der Waals surface area contributed by atoms with Crippen LogP contribution in [0.1, 0.15) is 23.5 Å². The minimum atomic E-state index is -0.206. The summed E-state index contributed by atoms with van der Waals surface area (Å²) in [6, 6.07) is 9.62. The van der Waals surface area contributed by atoms with Crippen LogP contribution in [0.15, 0.2) is 41.9 Å². The van der Waals surface area contributed by atoms with Crippen molar-refractivity contribution in [1.29, 1.82) is 0 Å². The predicted octanol–water partition coefficient (Wildman–Crippen LogP) is 1.94. The van der Waals surface area contributed by atoms with Gasteiger partial charge in [-0.15, -0.1) is 11.3 Å². The number of nitrogens with zero attached hydrogens (tertiary/aromatic N) is 1. The highest BCUT2D eigenvalue weighted by atomic mass is 32.1. The number of hydrogen-bond donors (Lipinski definition) is 2. The van der Waals surface area contributed by atoms with Crippen LogP contribution in [0.25, 0.3) is 0 Å². The Kier molecular flexibility index (Phi) is 4.65. The molecule has 0 aliphatic carbocycles. The fourth-order valence-corrected chi connectivity index (χ4v) is 2.42. The second kappa shape index (κ2) is 6.45. The summed E-state index contributed by atoms with van der Waals surface area (Å²) in [5.41, 5.74) is 6.56. The van der Waals surface area contributed by atoms with Crippen LogP contribution in [0.2, 0.25) is 0 Å². The molecule has 0 spiro atoms. The Morgan fingerprint density at radius 3 is 2.74 bits per heavy atom. The number of nitrogens with one attached hydrogen (secondary N) is 1. The van der Waals surface area contributed by atoms with Gasteiger partial charge in [0, 0.05) is 24.0 Å². The molecule has 4 nitrogen and oxygen atoms in total. The van der Waals surface area contributed by atoms with E-state index in [4.69, 9.17) is 5.73 Å². The Bertz CT molecular complexity index is 513. The fraction of sp³-hybridized carbons (Fsp3) is 0.286. The molecule has 0 fully saturated rings. The van der Waals surface area contributed by atoms with Gasteiger partial charge in [-0.25, -0.2) is 4.98 Å². The summed E-state index contributed by atoms with van der Waals surface area (Å²) in [6.07, 6.45) is 1.74. The highest BCUT2D eigenvalue weighted by Gasteiger charge is 2.21. The smallest absolute Gasteiger partial charge is 0.224 e. The van der Waals surface area contributed by atoms with E-state index in [1.54, 1.807) is 6.20 Å². The highest BCUT2D eigenvalue weighted by Crippen LogP contribution is 2.23. The van der Waals surface area contributed by atoms with E-state index in [2.05, 4.69) is 10.3 Å². The van der Waals surface area contributed by atoms with Crippen molar-refractivity contribution in [2.75, 3.05) is 6.54 Å². The number of benzene rings is 1. The zero-order valence-corrected chi connectivity index (χ0v) is 11.6. The van der Waals surface area contributed by atoms with Crippen LogP contribution in [0, 0.1) is 5.92 Å². The van der Waals surface area contributed by atoms with Gasteiger partial charge in [-0.2, -0.15) is 0 Å². The predicted molar refractivity (Wildman–Crippen MR) is 76.8 cm³/mol. The Morgan fingerprint density at radius 2 is 2.16 bits per heavy atom. The van der Waals surface area contributed by atoms with Crippen LogP contribution in [-0.2, 0) is 4.79 Å². The summed E-state index contributed by atoms with van der Waals surface area (Å²) >= 11 is 1.53. The fourth-order valence-electron chi connectivity index (χ4n) is 1.70. The van der Waals surface area contributed by atoms with Gasteiger partial charge in [0.25, 0.3) is 0 Å². The standard InChI is InChI=1S/C14H17N3OS/c1-10(9-15)13(18)17-12(14-16-7-8-19-14)11-5-3-2-4-6-11/h2-8,10,12H,9,15H2,1H3,(H,17,18). The van der Waals surface area contributed by atoms with Crippen LogP contribution >= 0.6 is 11.3 Å². The Labute approximate surface area is 116 Å². The molecular weight excluding hydrogens is 258 g/mol. The Morgan fingerprint density at radius 1 is 1.42 bits per heavy atom. The molecule has 2 unspecified atom stereocenters. The summed E-state index contributed by atoms with van der Waals surface area (Å²) in [7, 11) is 0. The van der Waals surface area contributed by atoms with E-state index in [0.29, 0.717) is 6.54 Å². The van der Waals surface area contributed by atoms with Gasteiger partial charge in [-0.1, -0.05) is 37.3 Å². The van der Waals surface area contributed by atoms with Gasteiger partial charge in [0.1, 0.15) is 11.0 Å². The zero-order chi connectivity index (χ0) is 13.7. The molecule has 0 saturated heterocycles. The quantitative estimate of drug-likeness (QED) is 0.876. The molecule has 0 bridgehead atoms. The van der Waals surface area contributed by atoms with Crippen molar-refractivity contribution in [3.05, 3.63) is 52.5 Å². The monoisotopic (exact) mass is 275 g/mol. The van der Waals surface area contributed by atoms with Gasteiger partial charge < -0.3 is 11.1 Å². The third-order valence-electron chi connectivity index (χ3n) is 2.92. The van der Waals surface area contributed by atoms with Gasteiger partial charge in [0.2, 0.25) is 5.91 Å². The van der Waals surface area contributed by atoms with Gasteiger partial charge >= 0.3 is 0 Å². The lowest BCUT2D eigenvalue weighted by atomic mass is 10.1. The number of thiazole rings is 1. The second-order valence-electron chi connectivity index (χ2n) is 4.36. The number of rotatable bonds is 5. The summed E-state index contributed by atoms with van der Waals surface area (Å²) in [5.74, 6) is -0.252. The summed E-state index contributed by atoms with van der Waals surface area (Å²) in [5, 5.41) is 5.80. The lowest BCUT2D eigenvalue weighted by molar-refractivity contribution is -0.124. The van der Waals surface area contributed by atoms with Crippen molar-refractivity contribution in [3.63, 3.8) is 0 Å². The third kappa shape index (κ3) is 3.39. The molecular formula is C14H17N3OS. The average molecular weight is 275 g/mol. The lowest BCUT2D eigenvalue weighted by Crippen LogP contribution is -2.36. The molecule has 2 aromatic rings. The first-order chi connectivity index (χ1) is 9.22. The normalized spacial score (nSPS) is 13.8. The largest absolute Gasteiger partial charge is 0.342 e. The second-order valence-corrected chi connectivity index (χ2v) is 5.29. The number of amides is 1. The van der Waals surface area contributed by atoms with Crippen molar-refractivity contribution < 1.29 is 4.79 Å². The lowest BCUT2D eigenvalue weighted by Gasteiger charge is -2.19. The van der Waals surface area contributed by atoms with Crippen molar-refractivity contribution in [1.82, 2.24) is 10.3 Å². The maximum atomic E-state index is 12.0.